The second-order valence-corrected chi connectivity index (χ2v) is 5.07. The summed E-state index contributed by atoms with van der Waals surface area (Å²) in [7, 11) is 0. The summed E-state index contributed by atoms with van der Waals surface area (Å²) in [6.07, 6.45) is 1.02. The number of nitrogens with zero attached hydrogens (tertiary/aromatic N) is 1. The third kappa shape index (κ3) is 1.79. The van der Waals surface area contributed by atoms with Gasteiger partial charge >= 0.3 is 5.97 Å². The van der Waals surface area contributed by atoms with Crippen molar-refractivity contribution in [2.45, 2.75) is 32.6 Å². The minimum absolute atomic E-state index is 0.770. The van der Waals surface area contributed by atoms with Crippen LogP contribution in [0.3, 0.4) is 0 Å². The first kappa shape index (κ1) is 12.0. The number of carbonyl (C=O) groups is 1. The average Bonchev–Trinajstić information content (AvgIpc) is 2.71. The van der Waals surface area contributed by atoms with Crippen molar-refractivity contribution in [1.29, 1.82) is 0 Å². The maximum absolute atomic E-state index is 11.4. The lowest BCUT2D eigenvalue weighted by Gasteiger charge is -2.27. The molecule has 2 rings (SSSR count). The maximum Gasteiger partial charge on any atom is 0.313 e. The first-order valence-electron chi connectivity index (χ1n) is 6.09. The molecule has 17 heavy (non-hydrogen) atoms. The predicted molar refractivity (Wildman–Crippen MR) is 68.7 cm³/mol. The molecule has 3 heteroatoms. The van der Waals surface area contributed by atoms with Crippen LogP contribution in [0, 0.1) is 0 Å². The van der Waals surface area contributed by atoms with Gasteiger partial charge in [0.25, 0.3) is 0 Å². The van der Waals surface area contributed by atoms with Gasteiger partial charge in [-0.15, -0.1) is 0 Å². The van der Waals surface area contributed by atoms with Gasteiger partial charge in [0.05, 0.1) is 5.41 Å². The quantitative estimate of drug-likeness (QED) is 0.871. The zero-order chi connectivity index (χ0) is 12.6. The van der Waals surface area contributed by atoms with E-state index in [0.29, 0.717) is 0 Å². The maximum atomic E-state index is 11.4. The third-order valence-corrected chi connectivity index (χ3v) is 3.68. The van der Waals surface area contributed by atoms with E-state index in [0.717, 1.165) is 30.8 Å². The summed E-state index contributed by atoms with van der Waals surface area (Å²) >= 11 is 0. The van der Waals surface area contributed by atoms with Crippen LogP contribution in [-0.4, -0.2) is 24.2 Å². The number of likely N-dealkylation sites (N-methyl/N-ethyl adjacent to an activating group) is 1. The van der Waals surface area contributed by atoms with Gasteiger partial charge in [0.1, 0.15) is 0 Å². The number of carboxylic acids is 1. The Morgan fingerprint density at radius 3 is 2.76 bits per heavy atom. The SMILES string of the molecule is CCN1CCc2cccc(C(C)(C)C(=O)O)c21. The Morgan fingerprint density at radius 2 is 2.18 bits per heavy atom. The van der Waals surface area contributed by atoms with Crippen molar-refractivity contribution in [1.82, 2.24) is 0 Å². The van der Waals surface area contributed by atoms with E-state index in [9.17, 15) is 9.90 Å². The molecule has 0 atom stereocenters. The van der Waals surface area contributed by atoms with E-state index in [1.165, 1.54) is 5.56 Å². The summed E-state index contributed by atoms with van der Waals surface area (Å²) in [6, 6.07) is 6.02. The lowest BCUT2D eigenvalue weighted by molar-refractivity contribution is -0.142. The second-order valence-electron chi connectivity index (χ2n) is 5.07. The summed E-state index contributed by atoms with van der Waals surface area (Å²) in [6.45, 7) is 7.59. The summed E-state index contributed by atoms with van der Waals surface area (Å²) in [5.74, 6) is -0.770. The highest BCUT2D eigenvalue weighted by Crippen LogP contribution is 2.38. The fourth-order valence-electron chi connectivity index (χ4n) is 2.47. The number of rotatable bonds is 3. The van der Waals surface area contributed by atoms with E-state index in [1.54, 1.807) is 13.8 Å². The molecule has 1 aromatic rings. The van der Waals surface area contributed by atoms with Crippen molar-refractivity contribution in [3.63, 3.8) is 0 Å². The Kier molecular flexibility index (Phi) is 2.86. The van der Waals surface area contributed by atoms with Gasteiger partial charge in [-0.25, -0.2) is 0 Å². The topological polar surface area (TPSA) is 40.5 Å². The highest BCUT2D eigenvalue weighted by atomic mass is 16.4. The van der Waals surface area contributed by atoms with Gasteiger partial charge in [0, 0.05) is 18.8 Å². The van der Waals surface area contributed by atoms with Gasteiger partial charge in [-0.1, -0.05) is 18.2 Å². The summed E-state index contributed by atoms with van der Waals surface area (Å²) in [5, 5.41) is 9.37. The highest BCUT2D eigenvalue weighted by molar-refractivity contribution is 5.84. The lowest BCUT2D eigenvalue weighted by Crippen LogP contribution is -2.31. The normalized spacial score (nSPS) is 14.9. The molecule has 1 aromatic carbocycles. The van der Waals surface area contributed by atoms with E-state index < -0.39 is 11.4 Å². The molecule has 0 radical (unpaired) electrons. The van der Waals surface area contributed by atoms with Crippen molar-refractivity contribution in [3.05, 3.63) is 29.3 Å². The van der Waals surface area contributed by atoms with E-state index in [1.807, 2.05) is 12.1 Å². The van der Waals surface area contributed by atoms with Crippen LogP contribution >= 0.6 is 0 Å². The minimum atomic E-state index is -0.830. The molecule has 0 aliphatic carbocycles. The van der Waals surface area contributed by atoms with E-state index in [2.05, 4.69) is 17.9 Å². The van der Waals surface area contributed by atoms with Crippen LogP contribution in [0.25, 0.3) is 0 Å². The molecule has 0 bridgehead atoms. The predicted octanol–water partition coefficient (Wildman–Crippen LogP) is 2.43. The van der Waals surface area contributed by atoms with Crippen molar-refractivity contribution < 1.29 is 9.90 Å². The number of para-hydroxylation sites is 1. The third-order valence-electron chi connectivity index (χ3n) is 3.68. The molecule has 0 saturated heterocycles. The summed E-state index contributed by atoms with van der Waals surface area (Å²) in [4.78, 5) is 13.7. The first-order valence-corrected chi connectivity index (χ1v) is 6.09. The van der Waals surface area contributed by atoms with Crippen LogP contribution in [0.2, 0.25) is 0 Å². The van der Waals surface area contributed by atoms with Gasteiger partial charge in [0.15, 0.2) is 0 Å². The summed E-state index contributed by atoms with van der Waals surface area (Å²) < 4.78 is 0. The average molecular weight is 233 g/mol. The molecule has 1 N–H and O–H groups in total. The monoisotopic (exact) mass is 233 g/mol. The fourth-order valence-corrected chi connectivity index (χ4v) is 2.47. The van der Waals surface area contributed by atoms with Crippen LogP contribution in [0.15, 0.2) is 18.2 Å². The largest absolute Gasteiger partial charge is 0.481 e. The Labute approximate surface area is 102 Å². The lowest BCUT2D eigenvalue weighted by atomic mass is 9.82. The zero-order valence-corrected chi connectivity index (χ0v) is 10.7. The van der Waals surface area contributed by atoms with E-state index in [4.69, 9.17) is 0 Å². The molecular formula is C14H19NO2. The number of hydrogen-bond acceptors (Lipinski definition) is 2. The number of carboxylic acid groups (broad SMARTS) is 1. The zero-order valence-electron chi connectivity index (χ0n) is 10.7. The van der Waals surface area contributed by atoms with Gasteiger partial charge < -0.3 is 10.0 Å². The molecule has 0 aromatic heterocycles. The second kappa shape index (κ2) is 4.06. The van der Waals surface area contributed by atoms with Gasteiger partial charge in [0.2, 0.25) is 0 Å². The van der Waals surface area contributed by atoms with Crippen molar-refractivity contribution in [3.8, 4) is 0 Å². The van der Waals surface area contributed by atoms with Crippen LogP contribution < -0.4 is 4.90 Å². The smallest absolute Gasteiger partial charge is 0.313 e. The van der Waals surface area contributed by atoms with Crippen molar-refractivity contribution in [2.75, 3.05) is 18.0 Å². The Hall–Kier alpha value is -1.51. The Bertz CT molecular complexity index is 452. The molecule has 0 amide bonds. The fraction of sp³-hybridized carbons (Fsp3) is 0.500. The van der Waals surface area contributed by atoms with E-state index in [-0.39, 0.29) is 0 Å². The number of fused-ring (bicyclic) bond motifs is 1. The standard InChI is InChI=1S/C14H19NO2/c1-4-15-9-8-10-6-5-7-11(12(10)15)14(2,3)13(16)17/h5-7H,4,8-9H2,1-3H3,(H,16,17). The van der Waals surface area contributed by atoms with Crippen LogP contribution in [0.5, 0.6) is 0 Å². The molecule has 0 saturated carbocycles. The number of hydrogen-bond donors (Lipinski definition) is 1. The Morgan fingerprint density at radius 1 is 1.47 bits per heavy atom. The van der Waals surface area contributed by atoms with Crippen LogP contribution in [0.1, 0.15) is 31.9 Å². The van der Waals surface area contributed by atoms with Gasteiger partial charge in [-0.05, 0) is 38.3 Å². The highest BCUT2D eigenvalue weighted by Gasteiger charge is 2.35. The first-order chi connectivity index (χ1) is 7.98. The molecular weight excluding hydrogens is 214 g/mol. The molecule has 3 nitrogen and oxygen atoms in total. The van der Waals surface area contributed by atoms with Crippen LogP contribution in [-0.2, 0) is 16.6 Å². The van der Waals surface area contributed by atoms with E-state index >= 15 is 0 Å². The van der Waals surface area contributed by atoms with Gasteiger partial charge in [-0.3, -0.25) is 4.79 Å². The number of benzene rings is 1. The molecule has 1 aliphatic rings. The van der Waals surface area contributed by atoms with Crippen LogP contribution in [0.4, 0.5) is 5.69 Å². The van der Waals surface area contributed by atoms with Crippen molar-refractivity contribution >= 4 is 11.7 Å². The Balaban J connectivity index is 2.57. The molecule has 1 heterocycles. The molecule has 0 unspecified atom stereocenters. The minimum Gasteiger partial charge on any atom is -0.481 e. The molecule has 1 aliphatic heterocycles. The van der Waals surface area contributed by atoms with Gasteiger partial charge in [-0.2, -0.15) is 0 Å². The summed E-state index contributed by atoms with van der Waals surface area (Å²) in [5.41, 5.74) is 2.52. The molecule has 92 valence electrons. The van der Waals surface area contributed by atoms with Crippen molar-refractivity contribution in [2.24, 2.45) is 0 Å². The number of aliphatic carboxylic acids is 1. The molecule has 0 fully saturated rings. The molecule has 0 spiro atoms. The number of anilines is 1.